The Hall–Kier alpha value is 0.186. The van der Waals surface area contributed by atoms with E-state index in [1.165, 1.54) is 22.3 Å². The Morgan fingerprint density at radius 2 is 1.24 bits per heavy atom. The molecule has 0 aliphatic heterocycles. The zero-order valence-electron chi connectivity index (χ0n) is 13.2. The molecule has 0 N–H and O–H groups in total. The van der Waals surface area contributed by atoms with Crippen molar-refractivity contribution in [3.05, 3.63) is 58.7 Å². The van der Waals surface area contributed by atoms with Gasteiger partial charge in [-0.2, -0.15) is 0 Å². The maximum Gasteiger partial charge on any atom is 1.00 e. The molecule has 0 saturated heterocycles. The summed E-state index contributed by atoms with van der Waals surface area (Å²) in [7, 11) is 0. The van der Waals surface area contributed by atoms with Crippen LogP contribution in [0, 0.1) is 27.7 Å². The third-order valence-electron chi connectivity index (χ3n) is 3.82. The molecule has 2 rings (SSSR count). The standard InChI is InChI=1S/C17H19NS2.K/c1-11-7-5-9-15(13(11)3)18(17(19)20)16-10-6-8-12(2)14(16)4;/h5-10H,1-4H3,(H,19,20);/q;+1/p-1. The van der Waals surface area contributed by atoms with E-state index < -0.39 is 0 Å². The smallest absolute Gasteiger partial charge is 0.411 e. The van der Waals surface area contributed by atoms with Gasteiger partial charge in [-0.15, -0.1) is 0 Å². The van der Waals surface area contributed by atoms with E-state index in [2.05, 4.69) is 52.0 Å². The summed E-state index contributed by atoms with van der Waals surface area (Å²) >= 11 is 10.7. The number of nitrogens with zero attached hydrogens (tertiary/aromatic N) is 1. The minimum atomic E-state index is 0. The summed E-state index contributed by atoms with van der Waals surface area (Å²) in [6.45, 7) is 8.42. The third-order valence-corrected chi connectivity index (χ3v) is 4.18. The maximum absolute atomic E-state index is 5.33. The van der Waals surface area contributed by atoms with Gasteiger partial charge in [-0.25, -0.2) is 0 Å². The predicted molar refractivity (Wildman–Crippen MR) is 93.9 cm³/mol. The summed E-state index contributed by atoms with van der Waals surface area (Å²) in [6.07, 6.45) is 0. The number of thiocarbonyl (C=S) groups is 1. The second kappa shape index (κ2) is 8.15. The SMILES string of the molecule is Cc1cccc(N(C(=S)[S-])c2cccc(C)c2C)c1C.[K+]. The Kier molecular flexibility index (Phi) is 7.47. The molecular formula is C17H18KNS2. The monoisotopic (exact) mass is 339 g/mol. The second-order valence-corrected chi connectivity index (χ2v) is 6.07. The average Bonchev–Trinajstić information content (AvgIpc) is 2.39. The molecule has 4 heteroatoms. The molecule has 0 heterocycles. The van der Waals surface area contributed by atoms with Gasteiger partial charge in [0.2, 0.25) is 0 Å². The molecular weight excluding hydrogens is 321 g/mol. The van der Waals surface area contributed by atoms with Crippen molar-refractivity contribution in [1.82, 2.24) is 0 Å². The molecule has 0 aliphatic carbocycles. The Balaban J connectivity index is 0.00000220. The summed E-state index contributed by atoms with van der Waals surface area (Å²) < 4.78 is 0.451. The first-order valence-corrected chi connectivity index (χ1v) is 7.38. The van der Waals surface area contributed by atoms with Gasteiger partial charge in [0.05, 0.1) is 0 Å². The number of rotatable bonds is 2. The van der Waals surface area contributed by atoms with E-state index >= 15 is 0 Å². The van der Waals surface area contributed by atoms with E-state index in [1.54, 1.807) is 0 Å². The van der Waals surface area contributed by atoms with Crippen LogP contribution >= 0.6 is 12.2 Å². The van der Waals surface area contributed by atoms with Crippen LogP contribution < -0.4 is 56.3 Å². The molecule has 0 fully saturated rings. The van der Waals surface area contributed by atoms with Crippen LogP contribution in [0.1, 0.15) is 22.3 Å². The quantitative estimate of drug-likeness (QED) is 0.467. The molecule has 104 valence electrons. The molecule has 0 atom stereocenters. The van der Waals surface area contributed by atoms with Crippen molar-refractivity contribution in [1.29, 1.82) is 0 Å². The van der Waals surface area contributed by atoms with E-state index in [0.29, 0.717) is 4.32 Å². The van der Waals surface area contributed by atoms with Crippen molar-refractivity contribution < 1.29 is 51.4 Å². The number of hydrogen-bond acceptors (Lipinski definition) is 2. The minimum absolute atomic E-state index is 0. The number of benzene rings is 2. The molecule has 0 saturated carbocycles. The van der Waals surface area contributed by atoms with Crippen LogP contribution in [0.3, 0.4) is 0 Å². The van der Waals surface area contributed by atoms with Gasteiger partial charge in [-0.1, -0.05) is 28.6 Å². The number of aryl methyl sites for hydroxylation is 2. The van der Waals surface area contributed by atoms with Gasteiger partial charge in [-0.3, -0.25) is 0 Å². The summed E-state index contributed by atoms with van der Waals surface area (Å²) in [4.78, 5) is 2.00. The molecule has 0 unspecified atom stereocenters. The fraction of sp³-hybridized carbons (Fsp3) is 0.235. The summed E-state index contributed by atoms with van der Waals surface area (Å²) in [6, 6.07) is 12.4. The first-order valence-electron chi connectivity index (χ1n) is 6.57. The maximum atomic E-state index is 5.33. The molecule has 0 bridgehead atoms. The van der Waals surface area contributed by atoms with Crippen molar-refractivity contribution in [3.8, 4) is 0 Å². The predicted octanol–water partition coefficient (Wildman–Crippen LogP) is 1.89. The largest absolute Gasteiger partial charge is 1.00 e. The summed E-state index contributed by atoms with van der Waals surface area (Å²) in [5.41, 5.74) is 7.03. The third kappa shape index (κ3) is 4.13. The van der Waals surface area contributed by atoms with E-state index in [0.717, 1.165) is 11.4 Å². The van der Waals surface area contributed by atoms with Crippen molar-refractivity contribution in [2.24, 2.45) is 0 Å². The van der Waals surface area contributed by atoms with Crippen LogP contribution in [0.15, 0.2) is 36.4 Å². The van der Waals surface area contributed by atoms with Gasteiger partial charge in [0, 0.05) is 11.4 Å². The zero-order chi connectivity index (χ0) is 14.9. The van der Waals surface area contributed by atoms with Crippen molar-refractivity contribution >= 4 is 40.5 Å². The van der Waals surface area contributed by atoms with Crippen molar-refractivity contribution in [2.45, 2.75) is 27.7 Å². The number of hydrogen-bond donors (Lipinski definition) is 0. The van der Waals surface area contributed by atoms with E-state index in [4.69, 9.17) is 24.8 Å². The normalized spacial score (nSPS) is 9.90. The van der Waals surface area contributed by atoms with Gasteiger partial charge in [0.15, 0.2) is 0 Å². The van der Waals surface area contributed by atoms with Crippen LogP contribution in [0.5, 0.6) is 0 Å². The zero-order valence-corrected chi connectivity index (χ0v) is 18.0. The van der Waals surface area contributed by atoms with Crippen molar-refractivity contribution in [3.63, 3.8) is 0 Å². The van der Waals surface area contributed by atoms with Gasteiger partial charge in [0.25, 0.3) is 0 Å². The molecule has 0 spiro atoms. The number of anilines is 2. The van der Waals surface area contributed by atoms with Crippen molar-refractivity contribution in [2.75, 3.05) is 4.90 Å². The topological polar surface area (TPSA) is 3.24 Å². The van der Waals surface area contributed by atoms with Crippen LogP contribution in [-0.2, 0) is 12.6 Å². The Morgan fingerprint density at radius 3 is 1.57 bits per heavy atom. The average molecular weight is 340 g/mol. The molecule has 1 nitrogen and oxygen atoms in total. The molecule has 0 aliphatic rings. The van der Waals surface area contributed by atoms with Gasteiger partial charge in [0.1, 0.15) is 0 Å². The fourth-order valence-electron chi connectivity index (χ4n) is 2.28. The summed E-state index contributed by atoms with van der Waals surface area (Å²) in [5, 5.41) is 0. The molecule has 2 aromatic rings. The molecule has 0 amide bonds. The second-order valence-electron chi connectivity index (χ2n) is 5.04. The van der Waals surface area contributed by atoms with Gasteiger partial charge < -0.3 is 29.7 Å². The van der Waals surface area contributed by atoms with Gasteiger partial charge in [-0.05, 0) is 62.1 Å². The van der Waals surface area contributed by atoms with Crippen LogP contribution in [-0.4, -0.2) is 4.32 Å². The van der Waals surface area contributed by atoms with E-state index in [1.807, 2.05) is 17.0 Å². The van der Waals surface area contributed by atoms with E-state index in [-0.39, 0.29) is 51.4 Å². The Morgan fingerprint density at radius 1 is 0.857 bits per heavy atom. The van der Waals surface area contributed by atoms with Crippen LogP contribution in [0.4, 0.5) is 11.4 Å². The molecule has 0 radical (unpaired) electrons. The Bertz CT molecular complexity index is 616. The van der Waals surface area contributed by atoms with Gasteiger partial charge >= 0.3 is 51.4 Å². The molecule has 2 aromatic carbocycles. The molecule has 21 heavy (non-hydrogen) atoms. The Labute approximate surface area is 181 Å². The molecule has 0 aromatic heterocycles. The van der Waals surface area contributed by atoms with Crippen LogP contribution in [0.25, 0.3) is 0 Å². The van der Waals surface area contributed by atoms with Crippen LogP contribution in [0.2, 0.25) is 0 Å². The fourth-order valence-corrected chi connectivity index (χ4v) is 2.68. The first kappa shape index (κ1) is 19.2. The van der Waals surface area contributed by atoms with E-state index in [9.17, 15) is 0 Å². The minimum Gasteiger partial charge on any atom is -0.411 e. The first-order chi connectivity index (χ1) is 9.43. The summed E-state index contributed by atoms with van der Waals surface area (Å²) in [5.74, 6) is 0.